The molecule has 1 aromatic carbocycles. The van der Waals surface area contributed by atoms with Gasteiger partial charge in [0, 0.05) is 5.38 Å². The van der Waals surface area contributed by atoms with Gasteiger partial charge in [-0.2, -0.15) is 0 Å². The van der Waals surface area contributed by atoms with Crippen LogP contribution in [0.4, 0.5) is 0 Å². The Hall–Kier alpha value is -1.88. The molecule has 0 saturated heterocycles. The molecule has 1 aromatic heterocycles. The molecule has 0 aliphatic heterocycles. The predicted octanol–water partition coefficient (Wildman–Crippen LogP) is 3.87. The fourth-order valence-electron chi connectivity index (χ4n) is 2.10. The number of benzene rings is 1. The van der Waals surface area contributed by atoms with Gasteiger partial charge in [-0.3, -0.25) is 4.79 Å². The highest BCUT2D eigenvalue weighted by atomic mass is 32.1. The molecular weight excluding hydrogens is 298 g/mol. The first kappa shape index (κ1) is 16.5. The Bertz CT molecular complexity index is 649. The molecular formula is C17H21NO3S. The summed E-state index contributed by atoms with van der Waals surface area (Å²) in [6, 6.07) is 6.26. The lowest BCUT2D eigenvalue weighted by atomic mass is 10.0. The molecule has 0 spiro atoms. The van der Waals surface area contributed by atoms with E-state index in [1.807, 2.05) is 5.38 Å². The number of methoxy groups -OCH3 is 1. The number of nitrogens with zero attached hydrogens (tertiary/aromatic N) is 1. The number of aryl methyl sites for hydroxylation is 1. The lowest BCUT2D eigenvalue weighted by Gasteiger charge is -2.14. The Morgan fingerprint density at radius 3 is 2.82 bits per heavy atom. The zero-order valence-electron chi connectivity index (χ0n) is 13.4. The van der Waals surface area contributed by atoms with E-state index in [9.17, 15) is 4.79 Å². The monoisotopic (exact) mass is 319 g/mol. The molecule has 0 atom stereocenters. The highest BCUT2D eigenvalue weighted by molar-refractivity contribution is 7.09. The maximum atomic E-state index is 11.2. The van der Waals surface area contributed by atoms with E-state index in [1.165, 1.54) is 29.6 Å². The van der Waals surface area contributed by atoms with Crippen molar-refractivity contribution >= 4 is 17.3 Å². The number of rotatable bonds is 6. The average molecular weight is 319 g/mol. The fourth-order valence-corrected chi connectivity index (χ4v) is 2.80. The Morgan fingerprint density at radius 2 is 2.14 bits per heavy atom. The van der Waals surface area contributed by atoms with Gasteiger partial charge in [-0.05, 0) is 30.0 Å². The van der Waals surface area contributed by atoms with Gasteiger partial charge in [0.1, 0.15) is 17.4 Å². The molecule has 0 saturated carbocycles. The minimum Gasteiger partial charge on any atom is -0.486 e. The number of hydrogen-bond donors (Lipinski definition) is 0. The first-order chi connectivity index (χ1) is 10.5. The van der Waals surface area contributed by atoms with E-state index in [-0.39, 0.29) is 12.4 Å². The summed E-state index contributed by atoms with van der Waals surface area (Å²) >= 11 is 1.50. The molecule has 0 amide bonds. The summed E-state index contributed by atoms with van der Waals surface area (Å²) in [5.74, 6) is 1.03. The summed E-state index contributed by atoms with van der Waals surface area (Å²) in [6.07, 6.45) is 0.203. The van der Waals surface area contributed by atoms with E-state index in [1.54, 1.807) is 0 Å². The molecule has 0 fully saturated rings. The van der Waals surface area contributed by atoms with Crippen molar-refractivity contribution in [3.05, 3.63) is 45.4 Å². The van der Waals surface area contributed by atoms with Gasteiger partial charge in [-0.15, -0.1) is 11.3 Å². The molecule has 2 aromatic rings. The van der Waals surface area contributed by atoms with Crippen LogP contribution in [0.15, 0.2) is 23.6 Å². The van der Waals surface area contributed by atoms with E-state index < -0.39 is 0 Å². The summed E-state index contributed by atoms with van der Waals surface area (Å²) in [7, 11) is 1.38. The third kappa shape index (κ3) is 4.31. The third-order valence-corrected chi connectivity index (χ3v) is 4.17. The highest BCUT2D eigenvalue weighted by Crippen LogP contribution is 2.28. The lowest BCUT2D eigenvalue weighted by molar-refractivity contribution is -0.139. The summed E-state index contributed by atoms with van der Waals surface area (Å²) in [5, 5.41) is 2.73. The van der Waals surface area contributed by atoms with Crippen molar-refractivity contribution in [1.29, 1.82) is 0 Å². The molecule has 0 radical (unpaired) electrons. The van der Waals surface area contributed by atoms with Gasteiger partial charge in [-0.25, -0.2) is 4.98 Å². The first-order valence-electron chi connectivity index (χ1n) is 7.23. The minimum atomic E-state index is -0.279. The molecule has 4 nitrogen and oxygen atoms in total. The molecule has 22 heavy (non-hydrogen) atoms. The average Bonchev–Trinajstić information content (AvgIpc) is 2.92. The Morgan fingerprint density at radius 1 is 1.36 bits per heavy atom. The topological polar surface area (TPSA) is 48.4 Å². The quantitative estimate of drug-likeness (QED) is 0.758. The normalized spacial score (nSPS) is 10.8. The van der Waals surface area contributed by atoms with Crippen molar-refractivity contribution in [3.63, 3.8) is 0 Å². The van der Waals surface area contributed by atoms with Gasteiger partial charge in [0.05, 0.1) is 19.2 Å². The molecule has 0 aliphatic rings. The Labute approximate surface area is 135 Å². The fraction of sp³-hybridized carbons (Fsp3) is 0.412. The van der Waals surface area contributed by atoms with Gasteiger partial charge in [0.25, 0.3) is 0 Å². The Balaban J connectivity index is 2.04. The van der Waals surface area contributed by atoms with Crippen molar-refractivity contribution in [2.75, 3.05) is 7.11 Å². The zero-order valence-corrected chi connectivity index (χ0v) is 14.2. The number of esters is 1. The summed E-state index contributed by atoms with van der Waals surface area (Å²) < 4.78 is 10.6. The zero-order chi connectivity index (χ0) is 16.1. The van der Waals surface area contributed by atoms with Crippen LogP contribution in [0.3, 0.4) is 0 Å². The minimum absolute atomic E-state index is 0.203. The third-order valence-electron chi connectivity index (χ3n) is 3.29. The maximum Gasteiger partial charge on any atom is 0.311 e. The number of carbonyl (C=O) groups excluding carboxylic acids is 1. The van der Waals surface area contributed by atoms with Crippen molar-refractivity contribution in [3.8, 4) is 5.75 Å². The van der Waals surface area contributed by atoms with Crippen molar-refractivity contribution < 1.29 is 14.3 Å². The SMILES string of the molecule is COC(=O)Cc1csc(COc2cc(C)ccc2C(C)C)n1. The summed E-state index contributed by atoms with van der Waals surface area (Å²) in [4.78, 5) is 15.6. The highest BCUT2D eigenvalue weighted by Gasteiger charge is 2.11. The largest absolute Gasteiger partial charge is 0.486 e. The molecule has 5 heteroatoms. The molecule has 118 valence electrons. The number of carbonyl (C=O) groups is 1. The van der Waals surface area contributed by atoms with E-state index in [4.69, 9.17) is 4.74 Å². The smallest absolute Gasteiger partial charge is 0.311 e. The van der Waals surface area contributed by atoms with Crippen LogP contribution >= 0.6 is 11.3 Å². The van der Waals surface area contributed by atoms with Crippen molar-refractivity contribution in [2.24, 2.45) is 0 Å². The van der Waals surface area contributed by atoms with Gasteiger partial charge in [0.15, 0.2) is 0 Å². The maximum absolute atomic E-state index is 11.2. The van der Waals surface area contributed by atoms with Gasteiger partial charge < -0.3 is 9.47 Å². The number of ether oxygens (including phenoxy) is 2. The summed E-state index contributed by atoms with van der Waals surface area (Å²) in [6.45, 7) is 6.76. The molecule has 2 rings (SSSR count). The van der Waals surface area contributed by atoms with Crippen LogP contribution in [0.1, 0.15) is 41.6 Å². The standard InChI is InChI=1S/C17H21NO3S/c1-11(2)14-6-5-12(3)7-15(14)21-9-16-18-13(10-22-16)8-17(19)20-4/h5-7,10-11H,8-9H2,1-4H3. The molecule has 0 unspecified atom stereocenters. The van der Waals surface area contributed by atoms with E-state index in [2.05, 4.69) is 48.7 Å². The first-order valence-corrected chi connectivity index (χ1v) is 8.11. The van der Waals surface area contributed by atoms with Crippen LogP contribution in [0.5, 0.6) is 5.75 Å². The van der Waals surface area contributed by atoms with E-state index in [0.29, 0.717) is 12.5 Å². The van der Waals surface area contributed by atoms with Crippen LogP contribution in [0.25, 0.3) is 0 Å². The van der Waals surface area contributed by atoms with Gasteiger partial charge in [-0.1, -0.05) is 26.0 Å². The lowest BCUT2D eigenvalue weighted by Crippen LogP contribution is -2.05. The Kier molecular flexibility index (Phi) is 5.55. The van der Waals surface area contributed by atoms with Crippen LogP contribution < -0.4 is 4.74 Å². The van der Waals surface area contributed by atoms with Gasteiger partial charge in [0.2, 0.25) is 0 Å². The van der Waals surface area contributed by atoms with Gasteiger partial charge >= 0.3 is 5.97 Å². The van der Waals surface area contributed by atoms with Crippen LogP contribution in [0.2, 0.25) is 0 Å². The van der Waals surface area contributed by atoms with Crippen LogP contribution in [-0.2, 0) is 22.6 Å². The van der Waals surface area contributed by atoms with E-state index in [0.717, 1.165) is 16.5 Å². The van der Waals surface area contributed by atoms with Crippen LogP contribution in [0, 0.1) is 6.92 Å². The molecule has 0 bridgehead atoms. The molecule has 0 aliphatic carbocycles. The number of aromatic nitrogens is 1. The second-order valence-corrected chi connectivity index (χ2v) is 6.41. The number of thiazole rings is 1. The molecule has 0 N–H and O–H groups in total. The predicted molar refractivity (Wildman–Crippen MR) is 87.4 cm³/mol. The molecule has 1 heterocycles. The van der Waals surface area contributed by atoms with Crippen LogP contribution in [-0.4, -0.2) is 18.1 Å². The van der Waals surface area contributed by atoms with Crippen molar-refractivity contribution in [1.82, 2.24) is 4.98 Å². The second kappa shape index (κ2) is 7.40. The van der Waals surface area contributed by atoms with E-state index >= 15 is 0 Å². The second-order valence-electron chi connectivity index (χ2n) is 5.47. The van der Waals surface area contributed by atoms with Crippen molar-refractivity contribution in [2.45, 2.75) is 39.7 Å². The number of hydrogen-bond acceptors (Lipinski definition) is 5. The summed E-state index contributed by atoms with van der Waals surface area (Å²) in [5.41, 5.74) is 3.09.